The van der Waals surface area contributed by atoms with Gasteiger partial charge in [-0.2, -0.15) is 0 Å². The molecule has 0 unspecified atom stereocenters. The molecule has 0 rings (SSSR count). The Kier molecular flexibility index (Phi) is 695. The van der Waals surface area contributed by atoms with Gasteiger partial charge in [-0.3, -0.25) is 0 Å². The van der Waals surface area contributed by atoms with E-state index < -0.39 is 7.35 Å². The minimum Gasteiger partial charge on any atom is 1.00 e. The van der Waals surface area contributed by atoms with E-state index in [2.05, 4.69) is 0 Å². The second-order valence-electron chi connectivity index (χ2n) is 0.0962. The molecule has 0 aliphatic heterocycles. The third-order valence-corrected chi connectivity index (χ3v) is 0. The van der Waals surface area contributed by atoms with Crippen molar-refractivity contribution in [3.63, 3.8) is 0 Å². The van der Waals surface area contributed by atoms with E-state index in [0.29, 0.717) is 0 Å². The van der Waals surface area contributed by atoms with Gasteiger partial charge < -0.3 is 21.9 Å². The first kappa shape index (κ1) is 61.4. The van der Waals surface area contributed by atoms with Gasteiger partial charge in [0, 0.05) is 0 Å². The Morgan fingerprint density at radius 1 is 1.00 bits per heavy atom. The monoisotopic (exact) mass is 154 g/mol. The second kappa shape index (κ2) is 90.6. The van der Waals surface area contributed by atoms with Gasteiger partial charge in [0.2, 0.25) is 0 Å². The van der Waals surface area contributed by atoms with E-state index in [1.54, 1.807) is 0 Å². The molecule has 6 nitrogen and oxygen atoms in total. The van der Waals surface area contributed by atoms with Gasteiger partial charge in [0.05, 0.1) is 0 Å². The summed E-state index contributed by atoms with van der Waals surface area (Å²) in [5.41, 5.74) is 0. The maximum atomic E-state index is 8.25. The molecule has 0 bridgehead atoms. The Morgan fingerprint density at radius 3 is 1.00 bits per heavy atom. The van der Waals surface area contributed by atoms with Crippen LogP contribution in [0, 0.1) is 0 Å². The molecule has 0 fully saturated rings. The average Bonchev–Trinajstić information content (AvgIpc) is 0.918. The fourth-order valence-corrected chi connectivity index (χ4v) is 0. The van der Waals surface area contributed by atoms with E-state index in [9.17, 15) is 0 Å². The molecule has 0 aromatic rings. The van der Waals surface area contributed by atoms with Crippen LogP contribution in [0.15, 0.2) is 0 Å². The predicted molar refractivity (Wildman–Crippen MR) is 20.9 cm³/mol. The van der Waals surface area contributed by atoms with Crippen LogP contribution in [0.1, 0.15) is 0 Å². The molecular formula is H8BKO6. The van der Waals surface area contributed by atoms with Crippen molar-refractivity contribution in [3.05, 3.63) is 0 Å². The van der Waals surface area contributed by atoms with Gasteiger partial charge >= 0.3 is 68.5 Å². The van der Waals surface area contributed by atoms with Crippen molar-refractivity contribution in [2.75, 3.05) is 0 Å². The quantitative estimate of drug-likeness (QED) is 0.316. The Morgan fingerprint density at radius 2 is 1.00 bits per heavy atom. The van der Waals surface area contributed by atoms with Crippen LogP contribution in [-0.4, -0.2) is 29.3 Å². The summed E-state index contributed by atoms with van der Waals surface area (Å²) in [6, 6.07) is 0. The van der Waals surface area contributed by atoms with Gasteiger partial charge in [0.25, 0.3) is 0 Å². The molecular weight excluding hydrogens is 146 g/mol. The first-order valence-electron chi connectivity index (χ1n) is 0.471. The van der Waals surface area contributed by atoms with Crippen LogP contribution in [-0.2, 0) is 4.70 Å². The van der Waals surface area contributed by atoms with Gasteiger partial charge in [-0.1, -0.05) is 0 Å². The van der Waals surface area contributed by atoms with Crippen molar-refractivity contribution >= 4 is 7.35 Å². The summed E-state index contributed by atoms with van der Waals surface area (Å²) < 4.78 is 8.25. The number of rotatable bonds is 0. The van der Waals surface area contributed by atoms with Crippen LogP contribution in [0.2, 0.25) is 0 Å². The smallest absolute Gasteiger partial charge is 1.00 e. The molecule has 48 valence electrons. The molecule has 0 radical (unpaired) electrons. The zero-order valence-corrected chi connectivity index (χ0v) is 7.52. The molecule has 0 atom stereocenters. The maximum absolute atomic E-state index is 8.25. The summed E-state index contributed by atoms with van der Waals surface area (Å²) in [6.45, 7) is 0. The average molecular weight is 154 g/mol. The van der Waals surface area contributed by atoms with Gasteiger partial charge in [0.1, 0.15) is 0 Å². The van der Waals surface area contributed by atoms with E-state index in [1.165, 1.54) is 0 Å². The largest absolute Gasteiger partial charge is 1.00 e. The Bertz CT molecular complexity index is 16.0. The zero-order valence-electron chi connectivity index (χ0n) is 4.39. The number of hydrogen-bond acceptors (Lipinski definition) is 2. The topological polar surface area (TPSA) is 166 Å². The molecule has 0 saturated carbocycles. The Labute approximate surface area is 89.2 Å². The number of hydrogen-bond donors (Lipinski definition) is 0. The molecule has 0 saturated heterocycles. The first-order valence-corrected chi connectivity index (χ1v) is 0.471. The molecule has 0 aliphatic carbocycles. The summed E-state index contributed by atoms with van der Waals surface area (Å²) in [4.78, 5) is 0. The van der Waals surface area contributed by atoms with Crippen molar-refractivity contribution in [1.82, 2.24) is 0 Å². The molecule has 8 heteroatoms. The van der Waals surface area contributed by atoms with Crippen LogP contribution in [0.25, 0.3) is 0 Å². The van der Waals surface area contributed by atoms with E-state index in [-0.39, 0.29) is 73.3 Å². The minimum absolute atomic E-state index is 0. The van der Waals surface area contributed by atoms with Gasteiger partial charge in [-0.15, -0.1) is 0 Å². The Hall–Kier alpha value is 1.14. The standard InChI is InChI=1S/BO2.K.4H2O/c2-1-3;;;;;/h;;4*1H2/q-1;+1;;;;. The van der Waals surface area contributed by atoms with Crippen molar-refractivity contribution in [2.24, 2.45) is 0 Å². The van der Waals surface area contributed by atoms with Crippen LogP contribution < -0.4 is 56.4 Å². The van der Waals surface area contributed by atoms with Crippen molar-refractivity contribution in [2.45, 2.75) is 0 Å². The SMILES string of the molecule is O.O.O.O.O=B[O-].[K+]. The van der Waals surface area contributed by atoms with E-state index in [0.717, 1.165) is 0 Å². The van der Waals surface area contributed by atoms with Crippen molar-refractivity contribution in [1.29, 1.82) is 0 Å². The maximum Gasteiger partial charge on any atom is 1.00 e. The van der Waals surface area contributed by atoms with Crippen LogP contribution in [0.5, 0.6) is 0 Å². The summed E-state index contributed by atoms with van der Waals surface area (Å²) >= 11 is 0. The normalized spacial score (nSPS) is 1.00. The van der Waals surface area contributed by atoms with Crippen molar-refractivity contribution < 1.29 is 83.0 Å². The minimum atomic E-state index is -0.500. The molecule has 0 aromatic heterocycles. The molecule has 8 N–H and O–H groups in total. The third kappa shape index (κ3) is 207. The Balaban J connectivity index is -0.00000000200. The second-order valence-corrected chi connectivity index (χ2v) is 0.0962. The summed E-state index contributed by atoms with van der Waals surface area (Å²) in [6.07, 6.45) is 0. The third-order valence-electron chi connectivity index (χ3n) is 0. The van der Waals surface area contributed by atoms with E-state index in [1.807, 2.05) is 0 Å². The zero-order chi connectivity index (χ0) is 2.71. The van der Waals surface area contributed by atoms with Crippen molar-refractivity contribution in [3.8, 4) is 0 Å². The molecule has 0 aromatic carbocycles. The summed E-state index contributed by atoms with van der Waals surface area (Å²) in [5.74, 6) is 0. The fraction of sp³-hybridized carbons (Fsp3) is 0. The van der Waals surface area contributed by atoms with Crippen LogP contribution >= 0.6 is 0 Å². The van der Waals surface area contributed by atoms with Gasteiger partial charge in [0.15, 0.2) is 0 Å². The van der Waals surface area contributed by atoms with E-state index in [4.69, 9.17) is 9.73 Å². The van der Waals surface area contributed by atoms with E-state index >= 15 is 0 Å². The summed E-state index contributed by atoms with van der Waals surface area (Å²) in [7, 11) is -0.500. The van der Waals surface area contributed by atoms with Gasteiger partial charge in [-0.25, -0.2) is 0 Å². The molecule has 0 aliphatic rings. The predicted octanol–water partition coefficient (Wildman–Crippen LogP) is -7.98. The molecule has 0 amide bonds. The molecule has 0 spiro atoms. The van der Waals surface area contributed by atoms with Crippen LogP contribution in [0.3, 0.4) is 0 Å². The molecule has 0 heterocycles. The first-order chi connectivity index (χ1) is 1.41. The van der Waals surface area contributed by atoms with Crippen LogP contribution in [0.4, 0.5) is 0 Å². The molecule has 8 heavy (non-hydrogen) atoms. The van der Waals surface area contributed by atoms with Gasteiger partial charge in [-0.05, 0) is 0 Å². The fourth-order valence-electron chi connectivity index (χ4n) is 0. The summed E-state index contributed by atoms with van der Waals surface area (Å²) in [5, 5.41) is 8.25.